The lowest BCUT2D eigenvalue weighted by molar-refractivity contribution is 0.141. The minimum absolute atomic E-state index is 0.149. The third-order valence-corrected chi connectivity index (χ3v) is 3.45. The average Bonchev–Trinajstić information content (AvgIpc) is 2.71. The van der Waals surface area contributed by atoms with Crippen LogP contribution in [-0.4, -0.2) is 17.3 Å². The summed E-state index contributed by atoms with van der Waals surface area (Å²) in [5.74, 6) is 0.617. The molecule has 0 fully saturated rings. The third kappa shape index (κ3) is 3.45. The van der Waals surface area contributed by atoms with Crippen molar-refractivity contribution in [2.24, 2.45) is 0 Å². The fourth-order valence-electron chi connectivity index (χ4n) is 2.51. The Balaban J connectivity index is 1.74. The zero-order valence-electron chi connectivity index (χ0n) is 10.9. The first-order valence-electron chi connectivity index (χ1n) is 6.82. The summed E-state index contributed by atoms with van der Waals surface area (Å²) >= 11 is 0. The van der Waals surface area contributed by atoms with Crippen LogP contribution < -0.4 is 4.74 Å². The maximum atomic E-state index is 13.0. The van der Waals surface area contributed by atoms with E-state index in [4.69, 9.17) is 4.74 Å². The summed E-state index contributed by atoms with van der Waals surface area (Å²) in [6, 6.07) is 4.70. The second kappa shape index (κ2) is 6.19. The lowest BCUT2D eigenvalue weighted by Gasteiger charge is -2.12. The summed E-state index contributed by atoms with van der Waals surface area (Å²) in [7, 11) is 0. The van der Waals surface area contributed by atoms with Crippen LogP contribution in [0.2, 0.25) is 0 Å². The fraction of sp³-hybridized carbons (Fsp3) is 0.600. The summed E-state index contributed by atoms with van der Waals surface area (Å²) < 4.78 is 18.8. The number of halogens is 1. The number of benzene rings is 1. The van der Waals surface area contributed by atoms with Crippen molar-refractivity contribution in [1.82, 2.24) is 0 Å². The number of ether oxygens (including phenoxy) is 1. The SMILES string of the molecule is CCCC(O)CCCC1Cc2cc(F)ccc2O1. The first-order chi connectivity index (χ1) is 8.69. The number of rotatable bonds is 6. The van der Waals surface area contributed by atoms with Crippen LogP contribution in [0, 0.1) is 5.82 Å². The second-order valence-electron chi connectivity index (χ2n) is 5.07. The number of fused-ring (bicyclic) bond motifs is 1. The number of aliphatic hydroxyl groups excluding tert-OH is 1. The molecule has 0 spiro atoms. The molecule has 0 aromatic heterocycles. The molecule has 1 aromatic rings. The molecule has 1 aliphatic heterocycles. The molecule has 0 saturated heterocycles. The molecule has 1 aliphatic rings. The Morgan fingerprint density at radius 1 is 1.44 bits per heavy atom. The largest absolute Gasteiger partial charge is 0.490 e. The molecule has 3 heteroatoms. The zero-order chi connectivity index (χ0) is 13.0. The van der Waals surface area contributed by atoms with Gasteiger partial charge in [0.1, 0.15) is 17.7 Å². The topological polar surface area (TPSA) is 29.5 Å². The van der Waals surface area contributed by atoms with Gasteiger partial charge in [0.05, 0.1) is 6.10 Å². The van der Waals surface area contributed by atoms with E-state index >= 15 is 0 Å². The van der Waals surface area contributed by atoms with Crippen molar-refractivity contribution in [3.05, 3.63) is 29.6 Å². The summed E-state index contributed by atoms with van der Waals surface area (Å²) in [4.78, 5) is 0. The summed E-state index contributed by atoms with van der Waals surface area (Å²) in [5.41, 5.74) is 0.967. The molecule has 1 N–H and O–H groups in total. The van der Waals surface area contributed by atoms with Crippen LogP contribution in [0.3, 0.4) is 0 Å². The molecule has 2 unspecified atom stereocenters. The molecule has 18 heavy (non-hydrogen) atoms. The lowest BCUT2D eigenvalue weighted by Crippen LogP contribution is -2.14. The van der Waals surface area contributed by atoms with Crippen molar-refractivity contribution >= 4 is 0 Å². The minimum Gasteiger partial charge on any atom is -0.490 e. The van der Waals surface area contributed by atoms with Gasteiger partial charge in [-0.2, -0.15) is 0 Å². The molecular formula is C15H21FO2. The summed E-state index contributed by atoms with van der Waals surface area (Å²) in [5, 5.41) is 9.64. The van der Waals surface area contributed by atoms with Gasteiger partial charge in [-0.05, 0) is 43.9 Å². The standard InChI is InChI=1S/C15H21FO2/c1-2-4-13(17)5-3-6-14-10-11-9-12(16)7-8-15(11)18-14/h7-9,13-14,17H,2-6,10H2,1H3. The molecule has 0 radical (unpaired) electrons. The van der Waals surface area contributed by atoms with Gasteiger partial charge in [-0.3, -0.25) is 0 Å². The van der Waals surface area contributed by atoms with Crippen molar-refractivity contribution in [3.63, 3.8) is 0 Å². The molecule has 0 amide bonds. The van der Waals surface area contributed by atoms with Gasteiger partial charge < -0.3 is 9.84 Å². The van der Waals surface area contributed by atoms with E-state index in [2.05, 4.69) is 6.92 Å². The van der Waals surface area contributed by atoms with E-state index in [-0.39, 0.29) is 18.0 Å². The van der Waals surface area contributed by atoms with Crippen LogP contribution in [-0.2, 0) is 6.42 Å². The monoisotopic (exact) mass is 252 g/mol. The molecule has 0 bridgehead atoms. The van der Waals surface area contributed by atoms with Crippen LogP contribution in [0.4, 0.5) is 4.39 Å². The fourth-order valence-corrected chi connectivity index (χ4v) is 2.51. The normalized spacial score (nSPS) is 19.4. The van der Waals surface area contributed by atoms with Gasteiger partial charge in [0, 0.05) is 12.0 Å². The minimum atomic E-state index is -0.198. The van der Waals surface area contributed by atoms with Gasteiger partial charge in [-0.1, -0.05) is 13.3 Å². The molecule has 100 valence electrons. The Labute approximate surface area is 108 Å². The number of hydrogen-bond donors (Lipinski definition) is 1. The Morgan fingerprint density at radius 2 is 2.28 bits per heavy atom. The van der Waals surface area contributed by atoms with Crippen molar-refractivity contribution in [3.8, 4) is 5.75 Å². The second-order valence-corrected chi connectivity index (χ2v) is 5.07. The highest BCUT2D eigenvalue weighted by molar-refractivity contribution is 5.37. The summed E-state index contributed by atoms with van der Waals surface area (Å²) in [6.07, 6.45) is 5.36. The van der Waals surface area contributed by atoms with Crippen molar-refractivity contribution in [2.75, 3.05) is 0 Å². The van der Waals surface area contributed by atoms with E-state index in [0.717, 1.165) is 49.8 Å². The van der Waals surface area contributed by atoms with E-state index in [9.17, 15) is 9.50 Å². The average molecular weight is 252 g/mol. The van der Waals surface area contributed by atoms with Crippen LogP contribution in [0.5, 0.6) is 5.75 Å². The Hall–Kier alpha value is -1.09. The van der Waals surface area contributed by atoms with Gasteiger partial charge in [-0.15, -0.1) is 0 Å². The molecular weight excluding hydrogens is 231 g/mol. The van der Waals surface area contributed by atoms with Crippen molar-refractivity contribution < 1.29 is 14.2 Å². The first-order valence-corrected chi connectivity index (χ1v) is 6.82. The van der Waals surface area contributed by atoms with E-state index in [1.54, 1.807) is 12.1 Å². The van der Waals surface area contributed by atoms with E-state index in [1.165, 1.54) is 6.07 Å². The molecule has 1 aromatic carbocycles. The third-order valence-electron chi connectivity index (χ3n) is 3.45. The molecule has 2 nitrogen and oxygen atoms in total. The molecule has 0 saturated carbocycles. The zero-order valence-corrected chi connectivity index (χ0v) is 10.9. The maximum Gasteiger partial charge on any atom is 0.123 e. The van der Waals surface area contributed by atoms with Crippen LogP contribution in [0.15, 0.2) is 18.2 Å². The first kappa shape index (κ1) is 13.3. The molecule has 2 rings (SSSR count). The Morgan fingerprint density at radius 3 is 3.06 bits per heavy atom. The highest BCUT2D eigenvalue weighted by atomic mass is 19.1. The van der Waals surface area contributed by atoms with Crippen LogP contribution >= 0.6 is 0 Å². The van der Waals surface area contributed by atoms with Crippen LogP contribution in [0.25, 0.3) is 0 Å². The molecule has 2 atom stereocenters. The highest BCUT2D eigenvalue weighted by Crippen LogP contribution is 2.31. The predicted octanol–water partition coefficient (Wildman–Crippen LogP) is 3.46. The predicted molar refractivity (Wildman–Crippen MR) is 69.3 cm³/mol. The Kier molecular flexibility index (Phi) is 4.59. The van der Waals surface area contributed by atoms with E-state index in [0.29, 0.717) is 0 Å². The van der Waals surface area contributed by atoms with E-state index < -0.39 is 0 Å². The van der Waals surface area contributed by atoms with Gasteiger partial charge in [0.15, 0.2) is 0 Å². The van der Waals surface area contributed by atoms with Crippen molar-refractivity contribution in [2.45, 2.75) is 57.7 Å². The van der Waals surface area contributed by atoms with Crippen LogP contribution in [0.1, 0.15) is 44.6 Å². The smallest absolute Gasteiger partial charge is 0.123 e. The van der Waals surface area contributed by atoms with Gasteiger partial charge in [0.2, 0.25) is 0 Å². The number of aliphatic hydroxyl groups is 1. The van der Waals surface area contributed by atoms with Crippen molar-refractivity contribution in [1.29, 1.82) is 0 Å². The summed E-state index contributed by atoms with van der Waals surface area (Å²) in [6.45, 7) is 2.08. The lowest BCUT2D eigenvalue weighted by atomic mass is 10.0. The molecule has 0 aliphatic carbocycles. The molecule has 1 heterocycles. The number of hydrogen-bond acceptors (Lipinski definition) is 2. The maximum absolute atomic E-state index is 13.0. The van der Waals surface area contributed by atoms with Gasteiger partial charge >= 0.3 is 0 Å². The van der Waals surface area contributed by atoms with E-state index in [1.807, 2.05) is 0 Å². The highest BCUT2D eigenvalue weighted by Gasteiger charge is 2.22. The Bertz CT molecular complexity index is 392. The van der Waals surface area contributed by atoms with Gasteiger partial charge in [0.25, 0.3) is 0 Å². The van der Waals surface area contributed by atoms with Gasteiger partial charge in [-0.25, -0.2) is 4.39 Å². The quantitative estimate of drug-likeness (QED) is 0.840.